The molecule has 2 heteroatoms. The van der Waals surface area contributed by atoms with Crippen LogP contribution in [0.15, 0.2) is 30.3 Å². The molecule has 2 aliphatic rings. The number of likely N-dealkylation sites (tertiary alicyclic amines) is 1. The van der Waals surface area contributed by atoms with E-state index in [2.05, 4.69) is 49.9 Å². The molecule has 1 aliphatic heterocycles. The Hall–Kier alpha value is -1.31. The summed E-state index contributed by atoms with van der Waals surface area (Å²) in [6.45, 7) is 7.55. The first-order chi connectivity index (χ1) is 8.98. The van der Waals surface area contributed by atoms with Gasteiger partial charge in [0.1, 0.15) is 0 Å². The van der Waals surface area contributed by atoms with E-state index in [9.17, 15) is 4.79 Å². The number of benzene rings is 1. The van der Waals surface area contributed by atoms with Gasteiger partial charge < -0.3 is 4.90 Å². The summed E-state index contributed by atoms with van der Waals surface area (Å²) in [6, 6.07) is 10.6. The first kappa shape index (κ1) is 12.7. The fourth-order valence-electron chi connectivity index (χ4n) is 4.02. The van der Waals surface area contributed by atoms with Crippen LogP contribution >= 0.6 is 0 Å². The van der Waals surface area contributed by atoms with Crippen molar-refractivity contribution in [2.75, 3.05) is 6.54 Å². The van der Waals surface area contributed by atoms with Gasteiger partial charge in [-0.25, -0.2) is 0 Å². The second-order valence-corrected chi connectivity index (χ2v) is 6.77. The van der Waals surface area contributed by atoms with Crippen LogP contribution in [0.2, 0.25) is 0 Å². The summed E-state index contributed by atoms with van der Waals surface area (Å²) in [4.78, 5) is 15.0. The molecular weight excluding hydrogens is 234 g/mol. The van der Waals surface area contributed by atoms with E-state index in [1.54, 1.807) is 0 Å². The average Bonchev–Trinajstić information content (AvgIpc) is 2.81. The van der Waals surface area contributed by atoms with E-state index in [4.69, 9.17) is 0 Å². The van der Waals surface area contributed by atoms with Crippen molar-refractivity contribution < 1.29 is 4.79 Å². The van der Waals surface area contributed by atoms with Crippen molar-refractivity contribution in [2.45, 2.75) is 46.1 Å². The Morgan fingerprint density at radius 2 is 1.84 bits per heavy atom. The first-order valence-electron chi connectivity index (χ1n) is 7.34. The van der Waals surface area contributed by atoms with E-state index in [1.807, 2.05) is 6.07 Å². The van der Waals surface area contributed by atoms with Gasteiger partial charge in [-0.3, -0.25) is 4.79 Å². The largest absolute Gasteiger partial charge is 0.335 e. The first-order valence-corrected chi connectivity index (χ1v) is 7.34. The number of nitrogens with zero attached hydrogens (tertiary/aromatic N) is 1. The molecule has 2 nitrogen and oxygen atoms in total. The number of carbonyl (C=O) groups is 1. The van der Waals surface area contributed by atoms with Crippen molar-refractivity contribution >= 4 is 5.91 Å². The van der Waals surface area contributed by atoms with Crippen LogP contribution in [-0.2, 0) is 4.79 Å². The smallest absolute Gasteiger partial charge is 0.229 e. The van der Waals surface area contributed by atoms with Gasteiger partial charge in [-0.2, -0.15) is 0 Å². The zero-order valence-corrected chi connectivity index (χ0v) is 12.1. The minimum atomic E-state index is -0.129. The van der Waals surface area contributed by atoms with Crippen molar-refractivity contribution in [2.24, 2.45) is 10.8 Å². The zero-order valence-electron chi connectivity index (χ0n) is 12.1. The number of fused-ring (bicyclic) bond motifs is 1. The minimum Gasteiger partial charge on any atom is -0.335 e. The molecule has 0 aromatic heterocycles. The zero-order chi connectivity index (χ0) is 13.7. The predicted octanol–water partition coefficient (Wildman–Crippen LogP) is 3.79. The second-order valence-electron chi connectivity index (χ2n) is 6.77. The van der Waals surface area contributed by atoms with Crippen LogP contribution in [0.3, 0.4) is 0 Å². The van der Waals surface area contributed by atoms with Crippen molar-refractivity contribution in [3.63, 3.8) is 0 Å². The van der Waals surface area contributed by atoms with Crippen molar-refractivity contribution in [1.82, 2.24) is 4.90 Å². The molecule has 1 aliphatic carbocycles. The molecule has 3 rings (SSSR count). The molecule has 1 amide bonds. The molecule has 3 atom stereocenters. The van der Waals surface area contributed by atoms with Gasteiger partial charge in [0, 0.05) is 6.54 Å². The molecule has 0 unspecified atom stereocenters. The van der Waals surface area contributed by atoms with Gasteiger partial charge in [-0.15, -0.1) is 0 Å². The molecule has 0 bridgehead atoms. The normalized spacial score (nSPS) is 35.5. The predicted molar refractivity (Wildman–Crippen MR) is 76.6 cm³/mol. The summed E-state index contributed by atoms with van der Waals surface area (Å²) >= 11 is 0. The molecule has 1 heterocycles. The Labute approximate surface area is 115 Å². The Balaban J connectivity index is 1.91. The number of amides is 1. The van der Waals surface area contributed by atoms with Crippen LogP contribution in [0.25, 0.3) is 0 Å². The Kier molecular flexibility index (Phi) is 2.74. The standard InChI is InChI=1S/C17H23NO/c1-13(14-8-5-4-6-9-14)18-12-16(2)10-7-11-17(16,3)15(18)19/h4-6,8-9,13H,7,10-12H2,1-3H3/t13-,16+,17-/m1/s1. The lowest BCUT2D eigenvalue weighted by Gasteiger charge is -2.30. The van der Waals surface area contributed by atoms with Gasteiger partial charge in [-0.05, 0) is 30.7 Å². The molecule has 1 saturated heterocycles. The van der Waals surface area contributed by atoms with E-state index in [0.717, 1.165) is 13.0 Å². The van der Waals surface area contributed by atoms with Crippen molar-refractivity contribution in [1.29, 1.82) is 0 Å². The third-order valence-corrected chi connectivity index (χ3v) is 5.74. The van der Waals surface area contributed by atoms with Crippen molar-refractivity contribution in [3.8, 4) is 0 Å². The Morgan fingerprint density at radius 3 is 2.47 bits per heavy atom. The molecule has 0 radical (unpaired) electrons. The van der Waals surface area contributed by atoms with Crippen LogP contribution in [0.5, 0.6) is 0 Å². The van der Waals surface area contributed by atoms with Gasteiger partial charge in [-0.1, -0.05) is 50.6 Å². The van der Waals surface area contributed by atoms with Crippen LogP contribution in [-0.4, -0.2) is 17.4 Å². The molecular formula is C17H23NO. The summed E-state index contributed by atoms with van der Waals surface area (Å²) in [5, 5.41) is 0. The lowest BCUT2D eigenvalue weighted by molar-refractivity contribution is -0.138. The summed E-state index contributed by atoms with van der Waals surface area (Å²) in [6.07, 6.45) is 3.44. The SMILES string of the molecule is C[C@H](c1ccccc1)N1C[C@]2(C)CCC[C@]2(C)C1=O. The average molecular weight is 257 g/mol. The molecule has 102 valence electrons. The topological polar surface area (TPSA) is 20.3 Å². The summed E-state index contributed by atoms with van der Waals surface area (Å²) < 4.78 is 0. The van der Waals surface area contributed by atoms with Gasteiger partial charge in [0.2, 0.25) is 5.91 Å². The summed E-state index contributed by atoms with van der Waals surface area (Å²) in [7, 11) is 0. The Bertz CT molecular complexity index is 497. The lowest BCUT2D eigenvalue weighted by Crippen LogP contribution is -2.35. The third kappa shape index (κ3) is 1.65. The van der Waals surface area contributed by atoms with Crippen LogP contribution in [0, 0.1) is 10.8 Å². The maximum absolute atomic E-state index is 12.9. The van der Waals surface area contributed by atoms with Crippen LogP contribution in [0.4, 0.5) is 0 Å². The molecule has 0 spiro atoms. The fraction of sp³-hybridized carbons (Fsp3) is 0.588. The highest BCUT2D eigenvalue weighted by molar-refractivity contribution is 5.86. The van der Waals surface area contributed by atoms with Gasteiger partial charge >= 0.3 is 0 Å². The van der Waals surface area contributed by atoms with Gasteiger partial charge in [0.05, 0.1) is 11.5 Å². The van der Waals surface area contributed by atoms with Gasteiger partial charge in [0.25, 0.3) is 0 Å². The van der Waals surface area contributed by atoms with E-state index in [1.165, 1.54) is 18.4 Å². The molecule has 1 aromatic carbocycles. The highest BCUT2D eigenvalue weighted by Crippen LogP contribution is 2.59. The van der Waals surface area contributed by atoms with Crippen LogP contribution < -0.4 is 0 Å². The molecule has 1 saturated carbocycles. The van der Waals surface area contributed by atoms with Crippen LogP contribution in [0.1, 0.15) is 51.6 Å². The Morgan fingerprint density at radius 1 is 1.16 bits per heavy atom. The quantitative estimate of drug-likeness (QED) is 0.789. The van der Waals surface area contributed by atoms with E-state index < -0.39 is 0 Å². The third-order valence-electron chi connectivity index (χ3n) is 5.74. The van der Waals surface area contributed by atoms with E-state index >= 15 is 0 Å². The summed E-state index contributed by atoms with van der Waals surface area (Å²) in [5.74, 6) is 0.365. The maximum Gasteiger partial charge on any atom is 0.229 e. The minimum absolute atomic E-state index is 0.129. The second kappa shape index (κ2) is 4.09. The molecule has 2 fully saturated rings. The summed E-state index contributed by atoms with van der Waals surface area (Å²) in [5.41, 5.74) is 1.28. The lowest BCUT2D eigenvalue weighted by atomic mass is 9.70. The van der Waals surface area contributed by atoms with E-state index in [0.29, 0.717) is 5.91 Å². The highest BCUT2D eigenvalue weighted by Gasteiger charge is 2.61. The highest BCUT2D eigenvalue weighted by atomic mass is 16.2. The fourth-order valence-corrected chi connectivity index (χ4v) is 4.02. The number of hydrogen-bond donors (Lipinski definition) is 0. The van der Waals surface area contributed by atoms with Crippen molar-refractivity contribution in [3.05, 3.63) is 35.9 Å². The maximum atomic E-state index is 12.9. The molecule has 0 N–H and O–H groups in total. The number of hydrogen-bond acceptors (Lipinski definition) is 1. The molecule has 19 heavy (non-hydrogen) atoms. The number of rotatable bonds is 2. The monoisotopic (exact) mass is 257 g/mol. The molecule has 1 aromatic rings. The van der Waals surface area contributed by atoms with Gasteiger partial charge in [0.15, 0.2) is 0 Å². The number of carbonyl (C=O) groups excluding carboxylic acids is 1. The van der Waals surface area contributed by atoms with E-state index in [-0.39, 0.29) is 16.9 Å².